The summed E-state index contributed by atoms with van der Waals surface area (Å²) in [5, 5.41) is 8.38. The van der Waals surface area contributed by atoms with E-state index < -0.39 is 6.10 Å². The fourth-order valence-electron chi connectivity index (χ4n) is 4.23. The molecule has 0 aromatic heterocycles. The monoisotopic (exact) mass is 814 g/mol. The summed E-state index contributed by atoms with van der Waals surface area (Å²) in [4.78, 5) is 36.7. The van der Waals surface area contributed by atoms with Crippen molar-refractivity contribution in [2.75, 3.05) is 172 Å². The Kier molecular flexibility index (Phi) is 43.9. The molecule has 0 aliphatic rings. The van der Waals surface area contributed by atoms with Gasteiger partial charge in [-0.1, -0.05) is 13.8 Å². The zero-order chi connectivity index (χ0) is 40.8. The predicted octanol–water partition coefficient (Wildman–Crippen LogP) is 0.913. The van der Waals surface area contributed by atoms with Crippen LogP contribution in [0.2, 0.25) is 0 Å². The van der Waals surface area contributed by atoms with Gasteiger partial charge < -0.3 is 72.8 Å². The van der Waals surface area contributed by atoms with E-state index in [4.69, 9.17) is 56.8 Å². The summed E-state index contributed by atoms with van der Waals surface area (Å²) in [5.41, 5.74) is 0. The van der Waals surface area contributed by atoms with Crippen LogP contribution in [-0.4, -0.2) is 195 Å². The summed E-state index contributed by atoms with van der Waals surface area (Å²) < 4.78 is 65.8. The van der Waals surface area contributed by atoms with E-state index in [1.807, 2.05) is 6.92 Å². The van der Waals surface area contributed by atoms with Crippen LogP contribution in [-0.2, 0) is 71.2 Å². The van der Waals surface area contributed by atoms with Crippen LogP contribution in [0.3, 0.4) is 0 Å². The Morgan fingerprint density at radius 1 is 0.357 bits per heavy atom. The lowest BCUT2D eigenvalue weighted by Crippen LogP contribution is -2.32. The van der Waals surface area contributed by atoms with Gasteiger partial charge in [-0.05, 0) is 19.8 Å². The van der Waals surface area contributed by atoms with E-state index in [2.05, 4.69) is 29.8 Å². The minimum atomic E-state index is -0.511. The van der Waals surface area contributed by atoms with Crippen LogP contribution in [0, 0.1) is 0 Å². The molecule has 0 aliphatic carbocycles. The molecular weight excluding hydrogens is 738 g/mol. The summed E-state index contributed by atoms with van der Waals surface area (Å²) in [6.07, 6.45) is 1.89. The molecule has 3 amide bonds. The van der Waals surface area contributed by atoms with Crippen LogP contribution < -0.4 is 16.0 Å². The summed E-state index contributed by atoms with van der Waals surface area (Å²) in [7, 11) is 0. The topological polar surface area (TPSA) is 198 Å². The number of carbonyl (C=O) groups is 3. The molecule has 0 saturated carbocycles. The second-order valence-electron chi connectivity index (χ2n) is 12.0. The van der Waals surface area contributed by atoms with Crippen LogP contribution >= 0.6 is 0 Å². The Balaban J connectivity index is 4.26. The van der Waals surface area contributed by atoms with Crippen LogP contribution in [0.1, 0.15) is 52.9 Å². The summed E-state index contributed by atoms with van der Waals surface area (Å²) in [5.74, 6) is -0.518. The first-order valence-electron chi connectivity index (χ1n) is 20.3. The van der Waals surface area contributed by atoms with E-state index in [0.717, 1.165) is 26.1 Å². The van der Waals surface area contributed by atoms with Crippen molar-refractivity contribution in [3.63, 3.8) is 0 Å². The molecule has 0 fully saturated rings. The van der Waals surface area contributed by atoms with E-state index in [1.165, 1.54) is 0 Å². The first kappa shape index (κ1) is 53.9. The molecule has 3 N–H and O–H groups in total. The molecule has 18 nitrogen and oxygen atoms in total. The van der Waals surface area contributed by atoms with Gasteiger partial charge in [-0.3, -0.25) is 14.4 Å². The third kappa shape index (κ3) is 43.1. The summed E-state index contributed by atoms with van der Waals surface area (Å²) in [6, 6.07) is 0. The van der Waals surface area contributed by atoms with Gasteiger partial charge in [0.05, 0.1) is 132 Å². The zero-order valence-corrected chi connectivity index (χ0v) is 34.6. The lowest BCUT2D eigenvalue weighted by Gasteiger charge is -2.18. The van der Waals surface area contributed by atoms with Crippen molar-refractivity contribution < 1.29 is 71.2 Å². The summed E-state index contributed by atoms with van der Waals surface area (Å²) in [6.45, 7) is 17.1. The van der Waals surface area contributed by atoms with Gasteiger partial charge in [0.15, 0.2) is 0 Å². The highest BCUT2D eigenvalue weighted by Crippen LogP contribution is 2.00. The number of hydrogen-bond acceptors (Lipinski definition) is 15. The molecular formula is C38H75N3O15. The molecule has 1 unspecified atom stereocenters. The van der Waals surface area contributed by atoms with E-state index in [9.17, 15) is 14.4 Å². The van der Waals surface area contributed by atoms with Gasteiger partial charge in [-0.2, -0.15) is 0 Å². The van der Waals surface area contributed by atoms with E-state index in [0.29, 0.717) is 125 Å². The fraction of sp³-hybridized carbons (Fsp3) is 0.921. The first-order valence-corrected chi connectivity index (χ1v) is 20.3. The minimum Gasteiger partial charge on any atom is -0.379 e. The largest absolute Gasteiger partial charge is 0.379 e. The maximum atomic E-state index is 12.3. The van der Waals surface area contributed by atoms with Crippen molar-refractivity contribution in [3.05, 3.63) is 0 Å². The van der Waals surface area contributed by atoms with Crippen molar-refractivity contribution >= 4 is 17.7 Å². The van der Waals surface area contributed by atoms with E-state index in [1.54, 1.807) is 0 Å². The second kappa shape index (κ2) is 45.6. The molecule has 0 rings (SSSR count). The van der Waals surface area contributed by atoms with Crippen molar-refractivity contribution in [2.45, 2.75) is 59.0 Å². The highest BCUT2D eigenvalue weighted by molar-refractivity contribution is 5.76. The highest BCUT2D eigenvalue weighted by Gasteiger charge is 2.13. The Labute approximate surface area is 335 Å². The molecule has 332 valence electrons. The van der Waals surface area contributed by atoms with Gasteiger partial charge in [0.25, 0.3) is 0 Å². The molecule has 0 aromatic rings. The smallest absolute Gasteiger partial charge is 0.222 e. The normalized spacial score (nSPS) is 11.8. The number of carbonyl (C=O) groups excluding carboxylic acids is 3. The Hall–Kier alpha value is -2.07. The van der Waals surface area contributed by atoms with Crippen LogP contribution in [0.5, 0.6) is 0 Å². The van der Waals surface area contributed by atoms with Crippen LogP contribution in [0.4, 0.5) is 0 Å². The number of ether oxygens (including phenoxy) is 12. The fourth-order valence-corrected chi connectivity index (χ4v) is 4.23. The Morgan fingerprint density at radius 3 is 1.00 bits per heavy atom. The molecule has 0 radical (unpaired) electrons. The van der Waals surface area contributed by atoms with Gasteiger partial charge in [0.1, 0.15) is 6.10 Å². The van der Waals surface area contributed by atoms with Gasteiger partial charge in [-0.25, -0.2) is 0 Å². The molecule has 56 heavy (non-hydrogen) atoms. The lowest BCUT2D eigenvalue weighted by atomic mass is 10.3. The molecule has 0 heterocycles. The molecule has 0 saturated heterocycles. The van der Waals surface area contributed by atoms with Crippen molar-refractivity contribution in [3.8, 4) is 0 Å². The third-order valence-electron chi connectivity index (χ3n) is 7.08. The highest BCUT2D eigenvalue weighted by atomic mass is 16.6. The number of nitrogens with one attached hydrogen (secondary N) is 3. The number of amides is 3. The lowest BCUT2D eigenvalue weighted by molar-refractivity contribution is -0.126. The van der Waals surface area contributed by atoms with Gasteiger partial charge >= 0.3 is 0 Å². The molecule has 0 bridgehead atoms. The maximum Gasteiger partial charge on any atom is 0.222 e. The van der Waals surface area contributed by atoms with E-state index in [-0.39, 0.29) is 70.0 Å². The van der Waals surface area contributed by atoms with Crippen molar-refractivity contribution in [1.29, 1.82) is 0 Å². The third-order valence-corrected chi connectivity index (χ3v) is 7.08. The number of hydrogen-bond donors (Lipinski definition) is 3. The zero-order valence-electron chi connectivity index (χ0n) is 34.6. The molecule has 0 aliphatic heterocycles. The minimum absolute atomic E-state index is 0.130. The Bertz CT molecular complexity index is 863. The quantitative estimate of drug-likeness (QED) is 0.0733. The maximum absolute atomic E-state index is 12.3. The SMILES string of the molecule is CCCOCCOCCOCCNC(=O)CCOCC(COCCC(=O)NCCOCCOCCOCC)OCCC(=O)NCCOCCOCCOCCC. The van der Waals surface area contributed by atoms with Crippen LogP contribution in [0.25, 0.3) is 0 Å². The molecule has 18 heteroatoms. The standard InChI is InChI=1S/C38H75N3O15/c1-4-13-46-23-28-52-31-26-49-19-11-40-37(43)8-16-55-34-35(33-54-15-7-36(42)39-10-18-48-25-30-51-22-21-45-6-3)56-17-9-38(44)41-12-20-50-27-32-53-29-24-47-14-5-2/h35H,4-34H2,1-3H3,(H,39,42)(H,40,43)(H,41,44). The Morgan fingerprint density at radius 2 is 0.661 bits per heavy atom. The predicted molar refractivity (Wildman–Crippen MR) is 208 cm³/mol. The van der Waals surface area contributed by atoms with Gasteiger partial charge in [0.2, 0.25) is 17.7 Å². The van der Waals surface area contributed by atoms with Crippen molar-refractivity contribution in [1.82, 2.24) is 16.0 Å². The van der Waals surface area contributed by atoms with Gasteiger partial charge in [0, 0.05) is 58.7 Å². The van der Waals surface area contributed by atoms with Crippen LogP contribution in [0.15, 0.2) is 0 Å². The number of rotatable bonds is 46. The van der Waals surface area contributed by atoms with E-state index >= 15 is 0 Å². The molecule has 0 spiro atoms. The molecule has 0 aromatic carbocycles. The summed E-state index contributed by atoms with van der Waals surface area (Å²) >= 11 is 0. The average Bonchev–Trinajstić information content (AvgIpc) is 3.19. The average molecular weight is 814 g/mol. The first-order chi connectivity index (χ1) is 27.5. The van der Waals surface area contributed by atoms with Crippen molar-refractivity contribution in [2.24, 2.45) is 0 Å². The second-order valence-corrected chi connectivity index (χ2v) is 12.0. The molecule has 1 atom stereocenters. The van der Waals surface area contributed by atoms with Gasteiger partial charge in [-0.15, -0.1) is 0 Å².